The van der Waals surface area contributed by atoms with Crippen molar-refractivity contribution in [3.05, 3.63) is 66.6 Å². The highest BCUT2D eigenvalue weighted by molar-refractivity contribution is 5.47. The standard InChI is InChI=1S/C20H23N5O/c1-26-19-7-9-21-20(22-19)25-13-11-24(12-14-25)18-8-10-23(16-18)15-17-5-3-2-4-6-17/h2-10,16H,11-15H2,1H3. The number of nitrogens with zero attached hydrogens (tertiary/aromatic N) is 5. The summed E-state index contributed by atoms with van der Waals surface area (Å²) in [5.74, 6) is 1.35. The van der Waals surface area contributed by atoms with Crippen LogP contribution in [0.1, 0.15) is 5.56 Å². The molecule has 0 spiro atoms. The number of methoxy groups -OCH3 is 1. The zero-order valence-electron chi connectivity index (χ0n) is 15.0. The second kappa shape index (κ2) is 7.47. The highest BCUT2D eigenvalue weighted by atomic mass is 16.5. The number of ether oxygens (including phenoxy) is 1. The molecule has 1 aromatic carbocycles. The lowest BCUT2D eigenvalue weighted by Gasteiger charge is -2.35. The third kappa shape index (κ3) is 3.64. The minimum atomic E-state index is 0.607. The fraction of sp³-hybridized carbons (Fsp3) is 0.300. The Morgan fingerprint density at radius 3 is 2.50 bits per heavy atom. The lowest BCUT2D eigenvalue weighted by molar-refractivity contribution is 0.396. The lowest BCUT2D eigenvalue weighted by atomic mass is 10.2. The molecule has 2 aromatic heterocycles. The molecule has 6 heteroatoms. The van der Waals surface area contributed by atoms with Crippen molar-refractivity contribution in [3.63, 3.8) is 0 Å². The maximum Gasteiger partial charge on any atom is 0.228 e. The van der Waals surface area contributed by atoms with E-state index in [2.05, 4.69) is 73.1 Å². The normalized spacial score (nSPS) is 14.5. The van der Waals surface area contributed by atoms with Crippen molar-refractivity contribution in [2.45, 2.75) is 6.54 Å². The van der Waals surface area contributed by atoms with Crippen LogP contribution in [0.5, 0.6) is 5.88 Å². The number of benzene rings is 1. The number of hydrogen-bond donors (Lipinski definition) is 0. The Labute approximate surface area is 153 Å². The Hall–Kier alpha value is -3.02. The molecule has 0 saturated carbocycles. The largest absolute Gasteiger partial charge is 0.481 e. The van der Waals surface area contributed by atoms with Crippen LogP contribution in [0, 0.1) is 0 Å². The van der Waals surface area contributed by atoms with E-state index in [9.17, 15) is 0 Å². The van der Waals surface area contributed by atoms with Crippen LogP contribution < -0.4 is 14.5 Å². The fourth-order valence-corrected chi connectivity index (χ4v) is 3.27. The first-order valence-corrected chi connectivity index (χ1v) is 8.88. The van der Waals surface area contributed by atoms with Crippen molar-refractivity contribution < 1.29 is 4.74 Å². The summed E-state index contributed by atoms with van der Waals surface area (Å²) in [6, 6.07) is 14.5. The van der Waals surface area contributed by atoms with Crippen LogP contribution in [0.25, 0.3) is 0 Å². The highest BCUT2D eigenvalue weighted by Gasteiger charge is 2.20. The van der Waals surface area contributed by atoms with Crippen LogP contribution in [-0.4, -0.2) is 47.8 Å². The van der Waals surface area contributed by atoms with Crippen molar-refractivity contribution in [2.24, 2.45) is 0 Å². The zero-order valence-corrected chi connectivity index (χ0v) is 15.0. The molecule has 4 rings (SSSR count). The predicted molar refractivity (Wildman–Crippen MR) is 103 cm³/mol. The molecular formula is C20H23N5O. The maximum absolute atomic E-state index is 5.20. The predicted octanol–water partition coefficient (Wildman–Crippen LogP) is 2.66. The van der Waals surface area contributed by atoms with Gasteiger partial charge in [0.1, 0.15) is 0 Å². The maximum atomic E-state index is 5.20. The quantitative estimate of drug-likeness (QED) is 0.709. The molecule has 26 heavy (non-hydrogen) atoms. The van der Waals surface area contributed by atoms with Gasteiger partial charge >= 0.3 is 0 Å². The first kappa shape index (κ1) is 16.4. The molecule has 0 amide bonds. The van der Waals surface area contributed by atoms with Crippen molar-refractivity contribution in [2.75, 3.05) is 43.1 Å². The molecular weight excluding hydrogens is 326 g/mol. The summed E-state index contributed by atoms with van der Waals surface area (Å²) in [4.78, 5) is 13.4. The van der Waals surface area contributed by atoms with Crippen LogP contribution in [0.15, 0.2) is 61.1 Å². The van der Waals surface area contributed by atoms with Gasteiger partial charge in [-0.25, -0.2) is 4.98 Å². The molecule has 0 aliphatic carbocycles. The van der Waals surface area contributed by atoms with Crippen LogP contribution >= 0.6 is 0 Å². The molecule has 0 bridgehead atoms. The smallest absolute Gasteiger partial charge is 0.228 e. The topological polar surface area (TPSA) is 46.4 Å². The molecule has 0 radical (unpaired) electrons. The number of anilines is 2. The van der Waals surface area contributed by atoms with E-state index < -0.39 is 0 Å². The van der Waals surface area contributed by atoms with Gasteiger partial charge < -0.3 is 19.1 Å². The van der Waals surface area contributed by atoms with Gasteiger partial charge in [0, 0.05) is 57.4 Å². The Balaban J connectivity index is 1.37. The van der Waals surface area contributed by atoms with Gasteiger partial charge in [0.05, 0.1) is 12.8 Å². The third-order valence-electron chi connectivity index (χ3n) is 4.70. The lowest BCUT2D eigenvalue weighted by Crippen LogP contribution is -2.47. The molecule has 0 N–H and O–H groups in total. The van der Waals surface area contributed by atoms with Crippen molar-refractivity contribution in [1.82, 2.24) is 14.5 Å². The van der Waals surface area contributed by atoms with Crippen molar-refractivity contribution in [3.8, 4) is 5.88 Å². The highest BCUT2D eigenvalue weighted by Crippen LogP contribution is 2.20. The average molecular weight is 349 g/mol. The number of hydrogen-bond acceptors (Lipinski definition) is 5. The average Bonchev–Trinajstić information content (AvgIpc) is 3.17. The van der Waals surface area contributed by atoms with Gasteiger partial charge in [-0.3, -0.25) is 0 Å². The number of aromatic nitrogens is 3. The van der Waals surface area contributed by atoms with Gasteiger partial charge in [-0.15, -0.1) is 0 Å². The molecule has 134 valence electrons. The van der Waals surface area contributed by atoms with Gasteiger partial charge in [0.2, 0.25) is 11.8 Å². The summed E-state index contributed by atoms with van der Waals surface area (Å²) in [5.41, 5.74) is 2.58. The van der Waals surface area contributed by atoms with Crippen molar-refractivity contribution >= 4 is 11.6 Å². The van der Waals surface area contributed by atoms with Crippen LogP contribution in [0.3, 0.4) is 0 Å². The van der Waals surface area contributed by atoms with E-state index in [1.165, 1.54) is 11.3 Å². The zero-order chi connectivity index (χ0) is 17.8. The van der Waals surface area contributed by atoms with Gasteiger partial charge in [0.25, 0.3) is 0 Å². The molecule has 0 atom stereocenters. The molecule has 1 aliphatic rings. The van der Waals surface area contributed by atoms with E-state index in [0.29, 0.717) is 5.88 Å². The first-order valence-electron chi connectivity index (χ1n) is 8.88. The summed E-state index contributed by atoms with van der Waals surface area (Å²) in [7, 11) is 1.63. The molecule has 3 heterocycles. The fourth-order valence-electron chi connectivity index (χ4n) is 3.27. The Bertz CT molecular complexity index is 840. The van der Waals surface area contributed by atoms with E-state index in [0.717, 1.165) is 38.7 Å². The molecule has 0 unspecified atom stereocenters. The summed E-state index contributed by atoms with van der Waals surface area (Å²) in [6.45, 7) is 4.61. The molecule has 1 aliphatic heterocycles. The van der Waals surface area contributed by atoms with Crippen molar-refractivity contribution in [1.29, 1.82) is 0 Å². The summed E-state index contributed by atoms with van der Waals surface area (Å²) < 4.78 is 7.44. The number of rotatable bonds is 5. The van der Waals surface area contributed by atoms with Gasteiger partial charge in [-0.1, -0.05) is 30.3 Å². The second-order valence-electron chi connectivity index (χ2n) is 6.40. The Morgan fingerprint density at radius 1 is 0.962 bits per heavy atom. The van der Waals surface area contributed by atoms with Gasteiger partial charge in [0.15, 0.2) is 0 Å². The van der Waals surface area contributed by atoms with Gasteiger partial charge in [-0.05, 0) is 11.6 Å². The van der Waals surface area contributed by atoms with E-state index in [1.54, 1.807) is 19.4 Å². The summed E-state index contributed by atoms with van der Waals surface area (Å²) in [5, 5.41) is 0. The van der Waals surface area contributed by atoms with E-state index in [4.69, 9.17) is 4.74 Å². The molecule has 1 fully saturated rings. The monoisotopic (exact) mass is 349 g/mol. The molecule has 3 aromatic rings. The minimum absolute atomic E-state index is 0.607. The van der Waals surface area contributed by atoms with E-state index in [-0.39, 0.29) is 0 Å². The van der Waals surface area contributed by atoms with E-state index >= 15 is 0 Å². The Kier molecular flexibility index (Phi) is 4.73. The molecule has 6 nitrogen and oxygen atoms in total. The summed E-state index contributed by atoms with van der Waals surface area (Å²) in [6.07, 6.45) is 6.13. The summed E-state index contributed by atoms with van der Waals surface area (Å²) >= 11 is 0. The Morgan fingerprint density at radius 2 is 1.73 bits per heavy atom. The SMILES string of the molecule is COc1ccnc(N2CCN(c3ccn(Cc4ccccc4)c3)CC2)n1. The number of piperazine rings is 1. The molecule has 1 saturated heterocycles. The van der Waals surface area contributed by atoms with Gasteiger partial charge in [-0.2, -0.15) is 4.98 Å². The van der Waals surface area contributed by atoms with E-state index in [1.807, 2.05) is 0 Å². The minimum Gasteiger partial charge on any atom is -0.481 e. The van der Waals surface area contributed by atoms with Crippen LogP contribution in [-0.2, 0) is 6.54 Å². The second-order valence-corrected chi connectivity index (χ2v) is 6.40. The third-order valence-corrected chi connectivity index (χ3v) is 4.70. The first-order chi connectivity index (χ1) is 12.8. The van der Waals surface area contributed by atoms with Crippen LogP contribution in [0.4, 0.5) is 11.6 Å². The van der Waals surface area contributed by atoms with Crippen LogP contribution in [0.2, 0.25) is 0 Å².